The third-order valence-corrected chi connectivity index (χ3v) is 5.26. The summed E-state index contributed by atoms with van der Waals surface area (Å²) in [7, 11) is 0. The van der Waals surface area contributed by atoms with Crippen molar-refractivity contribution in [2.24, 2.45) is 0 Å². The van der Waals surface area contributed by atoms with Gasteiger partial charge in [-0.2, -0.15) is 0 Å². The van der Waals surface area contributed by atoms with Gasteiger partial charge in [0.25, 0.3) is 5.91 Å². The van der Waals surface area contributed by atoms with Gasteiger partial charge in [-0.1, -0.05) is 35.9 Å². The second kappa shape index (κ2) is 9.69. The van der Waals surface area contributed by atoms with Crippen LogP contribution in [-0.2, 0) is 11.2 Å². The smallest absolute Gasteiger partial charge is 0.256 e. The molecule has 148 valence electrons. The maximum Gasteiger partial charge on any atom is 0.256 e. The first kappa shape index (κ1) is 20.3. The number of hydrogen-bond donors (Lipinski definition) is 0. The van der Waals surface area contributed by atoms with Crippen LogP contribution in [0.25, 0.3) is 0 Å². The lowest BCUT2D eigenvalue weighted by Crippen LogP contribution is -2.37. The maximum absolute atomic E-state index is 13.9. The second-order valence-electron chi connectivity index (χ2n) is 6.99. The first-order chi connectivity index (χ1) is 13.5. The van der Waals surface area contributed by atoms with Crippen LogP contribution in [0.5, 0.6) is 0 Å². The molecule has 0 aliphatic carbocycles. The number of carbonyl (C=O) groups is 2. The molecule has 0 atom stereocenters. The Morgan fingerprint density at radius 3 is 2.36 bits per heavy atom. The molecule has 2 aromatic carbocycles. The average molecular weight is 403 g/mol. The highest BCUT2D eigenvalue weighted by Gasteiger charge is 2.24. The Morgan fingerprint density at radius 1 is 0.929 bits per heavy atom. The summed E-state index contributed by atoms with van der Waals surface area (Å²) < 4.78 is 13.9. The van der Waals surface area contributed by atoms with Gasteiger partial charge in [0, 0.05) is 37.6 Å². The van der Waals surface area contributed by atoms with Crippen LogP contribution in [0.4, 0.5) is 4.39 Å². The molecule has 2 amide bonds. The Morgan fingerprint density at radius 2 is 1.61 bits per heavy atom. The normalized spacial score (nSPS) is 14.6. The zero-order valence-corrected chi connectivity index (χ0v) is 16.5. The van der Waals surface area contributed by atoms with Gasteiger partial charge in [-0.3, -0.25) is 9.59 Å². The van der Waals surface area contributed by atoms with Crippen molar-refractivity contribution in [3.8, 4) is 0 Å². The molecule has 2 aromatic rings. The molecule has 0 aromatic heterocycles. The molecule has 0 radical (unpaired) electrons. The van der Waals surface area contributed by atoms with Gasteiger partial charge >= 0.3 is 0 Å². The van der Waals surface area contributed by atoms with Crippen LogP contribution in [0.3, 0.4) is 0 Å². The van der Waals surface area contributed by atoms with Gasteiger partial charge in [0.2, 0.25) is 5.91 Å². The zero-order valence-electron chi connectivity index (χ0n) is 15.7. The summed E-state index contributed by atoms with van der Waals surface area (Å²) in [5.74, 6) is -0.712. The molecule has 1 heterocycles. The molecule has 0 N–H and O–H groups in total. The maximum atomic E-state index is 13.9. The first-order valence-corrected chi connectivity index (χ1v) is 9.98. The van der Waals surface area contributed by atoms with E-state index in [-0.39, 0.29) is 17.4 Å². The summed E-state index contributed by atoms with van der Waals surface area (Å²) in [5, 5.41) is 0.707. The SMILES string of the molecule is O=C(CCCc1ccc(Cl)cc1)N1CCCN(C(=O)c2ccccc2F)CC1. The van der Waals surface area contributed by atoms with Crippen molar-refractivity contribution in [1.29, 1.82) is 0 Å². The van der Waals surface area contributed by atoms with E-state index >= 15 is 0 Å². The number of benzene rings is 2. The van der Waals surface area contributed by atoms with E-state index < -0.39 is 5.82 Å². The van der Waals surface area contributed by atoms with E-state index in [0.717, 1.165) is 18.4 Å². The predicted octanol–water partition coefficient (Wildman–Crippen LogP) is 4.18. The molecule has 1 aliphatic rings. The number of carbonyl (C=O) groups excluding carboxylic acids is 2. The quantitative estimate of drug-likeness (QED) is 0.752. The Labute approximate surface area is 169 Å². The van der Waals surface area contributed by atoms with Crippen molar-refractivity contribution in [2.45, 2.75) is 25.7 Å². The van der Waals surface area contributed by atoms with Crippen molar-refractivity contribution in [3.05, 3.63) is 70.5 Å². The Balaban J connectivity index is 1.49. The van der Waals surface area contributed by atoms with E-state index in [9.17, 15) is 14.0 Å². The Kier molecular flexibility index (Phi) is 7.04. The van der Waals surface area contributed by atoms with Crippen molar-refractivity contribution in [1.82, 2.24) is 9.80 Å². The fourth-order valence-electron chi connectivity index (χ4n) is 3.43. The van der Waals surface area contributed by atoms with Crippen molar-refractivity contribution in [2.75, 3.05) is 26.2 Å². The van der Waals surface area contributed by atoms with E-state index in [1.807, 2.05) is 29.2 Å². The fraction of sp³-hybridized carbons (Fsp3) is 0.364. The highest BCUT2D eigenvalue weighted by atomic mass is 35.5. The summed E-state index contributed by atoms with van der Waals surface area (Å²) in [4.78, 5) is 28.6. The third kappa shape index (κ3) is 5.32. The predicted molar refractivity (Wildman–Crippen MR) is 108 cm³/mol. The summed E-state index contributed by atoms with van der Waals surface area (Å²) in [6.07, 6.45) is 2.77. The standard InChI is InChI=1S/C22H24ClFN2O2/c23-18-11-9-17(10-12-18)5-3-8-21(27)25-13-4-14-26(16-15-25)22(28)19-6-1-2-7-20(19)24/h1-2,6-7,9-12H,3-5,8,13-16H2. The van der Waals surface area contributed by atoms with E-state index in [1.165, 1.54) is 12.1 Å². The molecule has 6 heteroatoms. The molecule has 1 aliphatic heterocycles. The Bertz CT molecular complexity index is 826. The van der Waals surface area contributed by atoms with E-state index in [0.29, 0.717) is 44.0 Å². The van der Waals surface area contributed by atoms with Crippen LogP contribution in [-0.4, -0.2) is 47.8 Å². The van der Waals surface area contributed by atoms with Crippen LogP contribution in [0.15, 0.2) is 48.5 Å². The van der Waals surface area contributed by atoms with E-state index in [1.54, 1.807) is 17.0 Å². The van der Waals surface area contributed by atoms with Crippen LogP contribution >= 0.6 is 11.6 Å². The van der Waals surface area contributed by atoms with Crippen LogP contribution in [0, 0.1) is 5.82 Å². The molecular formula is C22H24ClFN2O2. The summed E-state index contributed by atoms with van der Waals surface area (Å²) in [6, 6.07) is 13.7. The fourth-order valence-corrected chi connectivity index (χ4v) is 3.55. The Hall–Kier alpha value is -2.40. The molecule has 28 heavy (non-hydrogen) atoms. The van der Waals surface area contributed by atoms with E-state index in [2.05, 4.69) is 0 Å². The molecule has 0 spiro atoms. The third-order valence-electron chi connectivity index (χ3n) is 5.01. The van der Waals surface area contributed by atoms with Gasteiger partial charge in [0.15, 0.2) is 0 Å². The number of aryl methyl sites for hydroxylation is 1. The van der Waals surface area contributed by atoms with Gasteiger partial charge in [-0.05, 0) is 49.1 Å². The largest absolute Gasteiger partial charge is 0.341 e. The molecular weight excluding hydrogens is 379 g/mol. The van der Waals surface area contributed by atoms with E-state index in [4.69, 9.17) is 11.6 Å². The van der Waals surface area contributed by atoms with Gasteiger partial charge in [-0.15, -0.1) is 0 Å². The highest BCUT2D eigenvalue weighted by molar-refractivity contribution is 6.30. The van der Waals surface area contributed by atoms with Crippen molar-refractivity contribution >= 4 is 23.4 Å². The van der Waals surface area contributed by atoms with Crippen LogP contribution in [0.2, 0.25) is 5.02 Å². The van der Waals surface area contributed by atoms with Gasteiger partial charge in [-0.25, -0.2) is 4.39 Å². The number of rotatable bonds is 5. The minimum atomic E-state index is -0.508. The lowest BCUT2D eigenvalue weighted by molar-refractivity contribution is -0.131. The molecule has 0 unspecified atom stereocenters. The summed E-state index contributed by atoms with van der Waals surface area (Å²) in [5.41, 5.74) is 1.25. The molecule has 0 saturated carbocycles. The number of nitrogens with zero attached hydrogens (tertiary/aromatic N) is 2. The minimum Gasteiger partial charge on any atom is -0.341 e. The monoisotopic (exact) mass is 402 g/mol. The van der Waals surface area contributed by atoms with Crippen molar-refractivity contribution in [3.63, 3.8) is 0 Å². The lowest BCUT2D eigenvalue weighted by Gasteiger charge is -2.22. The lowest BCUT2D eigenvalue weighted by atomic mass is 10.1. The average Bonchev–Trinajstić information content (AvgIpc) is 2.96. The van der Waals surface area contributed by atoms with Crippen LogP contribution < -0.4 is 0 Å². The molecule has 1 saturated heterocycles. The van der Waals surface area contributed by atoms with Crippen molar-refractivity contribution < 1.29 is 14.0 Å². The molecule has 0 bridgehead atoms. The minimum absolute atomic E-state index is 0.0882. The summed E-state index contributed by atoms with van der Waals surface area (Å²) >= 11 is 5.89. The topological polar surface area (TPSA) is 40.6 Å². The number of amides is 2. The molecule has 3 rings (SSSR count). The molecule has 1 fully saturated rings. The first-order valence-electron chi connectivity index (χ1n) is 9.60. The zero-order chi connectivity index (χ0) is 19.9. The summed E-state index contributed by atoms with van der Waals surface area (Å²) in [6.45, 7) is 2.07. The van der Waals surface area contributed by atoms with Gasteiger partial charge in [0.05, 0.1) is 5.56 Å². The molecule has 4 nitrogen and oxygen atoms in total. The van der Waals surface area contributed by atoms with Gasteiger partial charge in [0.1, 0.15) is 5.82 Å². The number of halogens is 2. The highest BCUT2D eigenvalue weighted by Crippen LogP contribution is 2.15. The second-order valence-corrected chi connectivity index (χ2v) is 7.42. The van der Waals surface area contributed by atoms with Gasteiger partial charge < -0.3 is 9.80 Å². The number of hydrogen-bond acceptors (Lipinski definition) is 2. The van der Waals surface area contributed by atoms with Crippen LogP contribution in [0.1, 0.15) is 35.2 Å².